The molecule has 0 aliphatic carbocycles. The fourth-order valence-corrected chi connectivity index (χ4v) is 4.15. The number of nitrogens with zero attached hydrogens (tertiary/aromatic N) is 2. The molecule has 0 unspecified atom stereocenters. The molecule has 0 spiro atoms. The summed E-state index contributed by atoms with van der Waals surface area (Å²) in [5, 5.41) is 5.78. The average Bonchev–Trinajstić information content (AvgIpc) is 3.11. The summed E-state index contributed by atoms with van der Waals surface area (Å²) in [6, 6.07) is 0. The van der Waals surface area contributed by atoms with E-state index in [4.69, 9.17) is 0 Å². The van der Waals surface area contributed by atoms with E-state index in [-0.39, 0.29) is 36.0 Å². The summed E-state index contributed by atoms with van der Waals surface area (Å²) in [6.45, 7) is 3.67. The lowest BCUT2D eigenvalue weighted by molar-refractivity contribution is -0.122. The van der Waals surface area contributed by atoms with Gasteiger partial charge >= 0.3 is 0 Å². The smallest absolute Gasteiger partial charge is 0.277 e. The largest absolute Gasteiger partial charge is 0.350 e. The lowest BCUT2D eigenvalue weighted by Gasteiger charge is -2.09. The Labute approximate surface area is 176 Å². The second kappa shape index (κ2) is 9.91. The normalized spacial score (nSPS) is 18.3. The van der Waals surface area contributed by atoms with Gasteiger partial charge in [0, 0.05) is 24.0 Å². The van der Waals surface area contributed by atoms with Crippen molar-refractivity contribution in [3.05, 3.63) is 43.2 Å². The molecule has 164 valence electrons. The first-order valence-electron chi connectivity index (χ1n) is 11.0. The SMILES string of the molecule is Cc1c2n3c(c(C)c(=O)n3c1=O)CNC(=O)CCCCCCCCCCC(=O)NC2. The molecule has 0 saturated heterocycles. The summed E-state index contributed by atoms with van der Waals surface area (Å²) in [5.41, 5.74) is 1.28. The summed E-state index contributed by atoms with van der Waals surface area (Å²) >= 11 is 0. The fraction of sp³-hybridized carbons (Fsp3) is 0.636. The van der Waals surface area contributed by atoms with E-state index in [9.17, 15) is 19.2 Å². The van der Waals surface area contributed by atoms with Crippen molar-refractivity contribution >= 4 is 11.8 Å². The van der Waals surface area contributed by atoms with Gasteiger partial charge in [-0.15, -0.1) is 0 Å². The molecule has 0 radical (unpaired) electrons. The van der Waals surface area contributed by atoms with Gasteiger partial charge in [0.05, 0.1) is 24.5 Å². The molecule has 0 saturated carbocycles. The molecule has 2 N–H and O–H groups in total. The first kappa shape index (κ1) is 22.1. The van der Waals surface area contributed by atoms with Crippen LogP contribution in [0.1, 0.15) is 86.7 Å². The Morgan fingerprint density at radius 3 is 1.33 bits per heavy atom. The molecule has 0 aromatic carbocycles. The molecule has 0 fully saturated rings. The van der Waals surface area contributed by atoms with Crippen LogP contribution in [-0.4, -0.2) is 20.8 Å². The first-order valence-corrected chi connectivity index (χ1v) is 11.0. The standard InChI is InChI=1S/C22H32N4O4/c1-15-17-13-23-19(27)11-9-7-5-3-4-6-8-10-12-20(28)24-14-18-16(2)22(30)26(21(15)29)25(17)18/h3-14H2,1-2H3,(H,23,27)(H,24,28). The molecular weight excluding hydrogens is 384 g/mol. The summed E-state index contributed by atoms with van der Waals surface area (Å²) < 4.78 is 2.68. The third-order valence-electron chi connectivity index (χ3n) is 6.07. The van der Waals surface area contributed by atoms with E-state index >= 15 is 0 Å². The first-order chi connectivity index (χ1) is 14.4. The molecule has 8 nitrogen and oxygen atoms in total. The van der Waals surface area contributed by atoms with Crippen LogP contribution >= 0.6 is 0 Å². The number of carbonyl (C=O) groups is 2. The quantitative estimate of drug-likeness (QED) is 0.685. The van der Waals surface area contributed by atoms with Gasteiger partial charge in [-0.2, -0.15) is 4.52 Å². The minimum absolute atomic E-state index is 0.0554. The molecule has 2 aromatic heterocycles. The van der Waals surface area contributed by atoms with Crippen LogP contribution in [0.25, 0.3) is 0 Å². The van der Waals surface area contributed by atoms with Gasteiger partial charge in [0.25, 0.3) is 11.1 Å². The van der Waals surface area contributed by atoms with Crippen LogP contribution in [0.15, 0.2) is 9.59 Å². The maximum absolute atomic E-state index is 12.7. The van der Waals surface area contributed by atoms with Crippen molar-refractivity contribution < 1.29 is 9.59 Å². The number of aromatic nitrogens is 2. The molecule has 3 rings (SSSR count). The highest BCUT2D eigenvalue weighted by Gasteiger charge is 2.22. The lowest BCUT2D eigenvalue weighted by atomic mass is 10.1. The second-order valence-corrected chi connectivity index (χ2v) is 8.26. The van der Waals surface area contributed by atoms with Crippen LogP contribution in [-0.2, 0) is 22.7 Å². The van der Waals surface area contributed by atoms with Crippen molar-refractivity contribution in [3.8, 4) is 0 Å². The van der Waals surface area contributed by atoms with Crippen molar-refractivity contribution in [3.63, 3.8) is 0 Å². The molecule has 8 heteroatoms. The maximum Gasteiger partial charge on any atom is 0.277 e. The maximum atomic E-state index is 12.7. The Bertz CT molecular complexity index is 943. The van der Waals surface area contributed by atoms with Gasteiger partial charge in [-0.3, -0.25) is 19.2 Å². The van der Waals surface area contributed by atoms with Crippen LogP contribution in [0.5, 0.6) is 0 Å². The number of hydrogen-bond donors (Lipinski definition) is 2. The van der Waals surface area contributed by atoms with Crippen molar-refractivity contribution in [1.82, 2.24) is 19.7 Å². The number of amides is 2. The molecule has 2 aromatic rings. The van der Waals surface area contributed by atoms with Crippen LogP contribution < -0.4 is 21.8 Å². The van der Waals surface area contributed by atoms with E-state index in [1.807, 2.05) is 0 Å². The Balaban J connectivity index is 1.89. The highest BCUT2D eigenvalue weighted by Crippen LogP contribution is 2.13. The molecule has 30 heavy (non-hydrogen) atoms. The van der Waals surface area contributed by atoms with E-state index in [1.54, 1.807) is 18.4 Å². The highest BCUT2D eigenvalue weighted by molar-refractivity contribution is 5.76. The zero-order valence-corrected chi connectivity index (χ0v) is 18.0. The van der Waals surface area contributed by atoms with Gasteiger partial charge in [-0.05, 0) is 26.7 Å². The lowest BCUT2D eigenvalue weighted by Crippen LogP contribution is -2.26. The second-order valence-electron chi connectivity index (χ2n) is 8.26. The van der Waals surface area contributed by atoms with E-state index < -0.39 is 0 Å². The van der Waals surface area contributed by atoms with Crippen molar-refractivity contribution in [2.45, 2.75) is 91.1 Å². The monoisotopic (exact) mass is 416 g/mol. The van der Waals surface area contributed by atoms with E-state index in [1.165, 1.54) is 0 Å². The third-order valence-corrected chi connectivity index (χ3v) is 6.07. The summed E-state index contributed by atoms with van der Waals surface area (Å²) in [5.74, 6) is -0.111. The number of carbonyl (C=O) groups excluding carboxylic acids is 2. The Hall–Kier alpha value is -2.64. The Kier molecular flexibility index (Phi) is 7.29. The van der Waals surface area contributed by atoms with E-state index in [0.717, 1.165) is 55.9 Å². The molecule has 2 amide bonds. The van der Waals surface area contributed by atoms with E-state index in [0.29, 0.717) is 35.4 Å². The van der Waals surface area contributed by atoms with Crippen molar-refractivity contribution in [2.75, 3.05) is 0 Å². The third kappa shape index (κ3) is 4.74. The summed E-state index contributed by atoms with van der Waals surface area (Å²) in [6.07, 6.45) is 9.21. The molecular formula is C22H32N4O4. The zero-order chi connectivity index (χ0) is 21.7. The van der Waals surface area contributed by atoms with Crippen LogP contribution in [0, 0.1) is 13.8 Å². The fourth-order valence-electron chi connectivity index (χ4n) is 4.15. The minimum atomic E-state index is -0.382. The van der Waals surface area contributed by atoms with E-state index in [2.05, 4.69) is 10.6 Å². The van der Waals surface area contributed by atoms with Crippen molar-refractivity contribution in [1.29, 1.82) is 0 Å². The van der Waals surface area contributed by atoms with Crippen LogP contribution in [0.4, 0.5) is 0 Å². The Morgan fingerprint density at radius 2 is 0.933 bits per heavy atom. The minimum Gasteiger partial charge on any atom is -0.350 e. The molecule has 0 atom stereocenters. The van der Waals surface area contributed by atoms with Gasteiger partial charge < -0.3 is 10.6 Å². The molecule has 3 heterocycles. The van der Waals surface area contributed by atoms with Gasteiger partial charge in [0.1, 0.15) is 0 Å². The summed E-state index contributed by atoms with van der Waals surface area (Å²) in [7, 11) is 0. The topological polar surface area (TPSA) is 101 Å². The number of nitrogens with one attached hydrogen (secondary N) is 2. The number of hydrogen-bond acceptors (Lipinski definition) is 4. The predicted molar refractivity (Wildman–Crippen MR) is 114 cm³/mol. The van der Waals surface area contributed by atoms with Crippen LogP contribution in [0.2, 0.25) is 0 Å². The van der Waals surface area contributed by atoms with Gasteiger partial charge in [-0.1, -0.05) is 38.5 Å². The van der Waals surface area contributed by atoms with Crippen LogP contribution in [0.3, 0.4) is 0 Å². The predicted octanol–water partition coefficient (Wildman–Crippen LogP) is 1.96. The van der Waals surface area contributed by atoms with Gasteiger partial charge in [-0.25, -0.2) is 4.52 Å². The highest BCUT2D eigenvalue weighted by atomic mass is 16.2. The average molecular weight is 417 g/mol. The van der Waals surface area contributed by atoms with Crippen molar-refractivity contribution in [2.24, 2.45) is 0 Å². The molecule has 0 bridgehead atoms. The number of rotatable bonds is 0. The zero-order valence-electron chi connectivity index (χ0n) is 18.0. The van der Waals surface area contributed by atoms with Gasteiger partial charge in [0.2, 0.25) is 11.8 Å². The Morgan fingerprint density at radius 1 is 0.567 bits per heavy atom. The summed E-state index contributed by atoms with van der Waals surface area (Å²) in [4.78, 5) is 49.8. The molecule has 1 aliphatic heterocycles. The molecule has 1 aliphatic rings. The van der Waals surface area contributed by atoms with Gasteiger partial charge in [0.15, 0.2) is 0 Å².